The molecular weight excluding hydrogens is 311 g/mol. The molecule has 3 nitrogen and oxygen atoms in total. The summed E-state index contributed by atoms with van der Waals surface area (Å²) >= 11 is 3.29. The highest BCUT2D eigenvalue weighted by atomic mass is 79.9. The first-order valence-electron chi connectivity index (χ1n) is 5.69. The van der Waals surface area contributed by atoms with E-state index in [4.69, 9.17) is 0 Å². The number of rotatable bonds is 4. The average molecular weight is 323 g/mol. The number of hydrogen-bond donors (Lipinski definition) is 2. The van der Waals surface area contributed by atoms with Crippen LogP contribution >= 0.6 is 15.9 Å². The summed E-state index contributed by atoms with van der Waals surface area (Å²) < 4.78 is 13.8. The zero-order valence-electron chi connectivity index (χ0n) is 9.99. The number of nitrogens with one attached hydrogen (secondary N) is 2. The molecule has 98 valence electrons. The fourth-order valence-corrected chi connectivity index (χ4v) is 1.92. The first-order chi connectivity index (χ1) is 9.15. The number of halogens is 2. The zero-order chi connectivity index (χ0) is 13.7. The van der Waals surface area contributed by atoms with Gasteiger partial charge in [0.15, 0.2) is 0 Å². The van der Waals surface area contributed by atoms with E-state index in [0.29, 0.717) is 10.2 Å². The molecule has 0 aliphatic carbocycles. The molecule has 0 heterocycles. The van der Waals surface area contributed by atoms with Crippen molar-refractivity contribution in [1.82, 2.24) is 0 Å². The minimum atomic E-state index is -0.353. The van der Waals surface area contributed by atoms with Crippen molar-refractivity contribution in [2.45, 2.75) is 0 Å². The Balaban J connectivity index is 1.92. The van der Waals surface area contributed by atoms with E-state index >= 15 is 0 Å². The Hall–Kier alpha value is -1.88. The van der Waals surface area contributed by atoms with E-state index in [0.717, 1.165) is 5.69 Å². The summed E-state index contributed by atoms with van der Waals surface area (Å²) in [7, 11) is 0. The van der Waals surface area contributed by atoms with Gasteiger partial charge in [-0.15, -0.1) is 0 Å². The SMILES string of the molecule is O=C(CNc1cc(F)ccc1Br)Nc1ccccc1. The van der Waals surface area contributed by atoms with Crippen LogP contribution in [0.5, 0.6) is 0 Å². The number of carbonyl (C=O) groups excluding carboxylic acids is 1. The molecule has 19 heavy (non-hydrogen) atoms. The van der Waals surface area contributed by atoms with E-state index < -0.39 is 0 Å². The second-order valence-electron chi connectivity index (χ2n) is 3.89. The van der Waals surface area contributed by atoms with Crippen molar-refractivity contribution in [3.05, 3.63) is 58.8 Å². The molecule has 5 heteroatoms. The molecule has 0 spiro atoms. The second kappa shape index (κ2) is 6.33. The number of hydrogen-bond acceptors (Lipinski definition) is 2. The average Bonchev–Trinajstić information content (AvgIpc) is 2.41. The van der Waals surface area contributed by atoms with Crippen LogP contribution in [0.25, 0.3) is 0 Å². The molecule has 0 saturated carbocycles. The largest absolute Gasteiger partial charge is 0.375 e. The van der Waals surface area contributed by atoms with Crippen LogP contribution in [0, 0.1) is 5.82 Å². The molecule has 0 aliphatic heterocycles. The molecule has 0 atom stereocenters. The van der Waals surface area contributed by atoms with Crippen LogP contribution in [0.2, 0.25) is 0 Å². The lowest BCUT2D eigenvalue weighted by Gasteiger charge is -2.09. The van der Waals surface area contributed by atoms with Gasteiger partial charge >= 0.3 is 0 Å². The normalized spacial score (nSPS) is 10.0. The third-order valence-corrected chi connectivity index (χ3v) is 3.12. The Labute approximate surface area is 119 Å². The van der Waals surface area contributed by atoms with Crippen LogP contribution in [0.1, 0.15) is 0 Å². The molecule has 2 N–H and O–H groups in total. The van der Waals surface area contributed by atoms with E-state index in [1.54, 1.807) is 18.2 Å². The van der Waals surface area contributed by atoms with Crippen molar-refractivity contribution in [2.24, 2.45) is 0 Å². The summed E-state index contributed by atoms with van der Waals surface area (Å²) in [5.74, 6) is -0.545. The molecule has 0 aliphatic rings. The highest BCUT2D eigenvalue weighted by Gasteiger charge is 2.05. The van der Waals surface area contributed by atoms with Gasteiger partial charge in [0, 0.05) is 10.2 Å². The maximum absolute atomic E-state index is 13.1. The molecule has 0 bridgehead atoms. The van der Waals surface area contributed by atoms with Crippen LogP contribution in [-0.2, 0) is 4.79 Å². The van der Waals surface area contributed by atoms with Crippen molar-refractivity contribution < 1.29 is 9.18 Å². The van der Waals surface area contributed by atoms with Crippen molar-refractivity contribution in [2.75, 3.05) is 17.2 Å². The van der Waals surface area contributed by atoms with Gasteiger partial charge in [0.2, 0.25) is 5.91 Å². The van der Waals surface area contributed by atoms with Gasteiger partial charge in [-0.3, -0.25) is 4.79 Å². The molecule has 2 aromatic carbocycles. The summed E-state index contributed by atoms with van der Waals surface area (Å²) in [6.45, 7) is 0.0664. The Morgan fingerprint density at radius 2 is 1.89 bits per heavy atom. The number of anilines is 2. The monoisotopic (exact) mass is 322 g/mol. The Morgan fingerprint density at radius 3 is 2.63 bits per heavy atom. The van der Waals surface area contributed by atoms with Crippen LogP contribution in [-0.4, -0.2) is 12.5 Å². The van der Waals surface area contributed by atoms with Crippen molar-refractivity contribution >= 4 is 33.2 Å². The van der Waals surface area contributed by atoms with Crippen LogP contribution < -0.4 is 10.6 Å². The fourth-order valence-electron chi connectivity index (χ4n) is 1.54. The molecule has 0 aromatic heterocycles. The molecule has 0 fully saturated rings. The van der Waals surface area contributed by atoms with Crippen molar-refractivity contribution in [1.29, 1.82) is 0 Å². The molecule has 1 amide bonds. The number of benzene rings is 2. The minimum absolute atomic E-state index is 0.0664. The lowest BCUT2D eigenvalue weighted by atomic mass is 10.3. The quantitative estimate of drug-likeness (QED) is 0.902. The van der Waals surface area contributed by atoms with Crippen molar-refractivity contribution in [3.8, 4) is 0 Å². The van der Waals surface area contributed by atoms with Gasteiger partial charge in [0.05, 0.1) is 12.2 Å². The maximum atomic E-state index is 13.1. The van der Waals surface area contributed by atoms with E-state index in [-0.39, 0.29) is 18.3 Å². The number of carbonyl (C=O) groups is 1. The summed E-state index contributed by atoms with van der Waals surface area (Å²) in [6, 6.07) is 13.4. The highest BCUT2D eigenvalue weighted by Crippen LogP contribution is 2.22. The topological polar surface area (TPSA) is 41.1 Å². The fraction of sp³-hybridized carbons (Fsp3) is 0.0714. The predicted molar refractivity (Wildman–Crippen MR) is 77.7 cm³/mol. The number of para-hydroxylation sites is 1. The molecule has 0 radical (unpaired) electrons. The smallest absolute Gasteiger partial charge is 0.243 e. The summed E-state index contributed by atoms with van der Waals surface area (Å²) in [5.41, 5.74) is 1.27. The van der Waals surface area contributed by atoms with Gasteiger partial charge in [-0.1, -0.05) is 18.2 Å². The molecular formula is C14H12BrFN2O. The highest BCUT2D eigenvalue weighted by molar-refractivity contribution is 9.10. The lowest BCUT2D eigenvalue weighted by molar-refractivity contribution is -0.114. The maximum Gasteiger partial charge on any atom is 0.243 e. The Bertz CT molecular complexity index is 575. The molecule has 2 aromatic rings. The van der Waals surface area contributed by atoms with E-state index in [9.17, 15) is 9.18 Å². The predicted octanol–water partition coefficient (Wildman–Crippen LogP) is 3.64. The standard InChI is InChI=1S/C14H12BrFN2O/c15-12-7-6-10(16)8-13(12)17-9-14(19)18-11-4-2-1-3-5-11/h1-8,17H,9H2,(H,18,19). The second-order valence-corrected chi connectivity index (χ2v) is 4.75. The van der Waals surface area contributed by atoms with E-state index in [1.807, 2.05) is 18.2 Å². The summed E-state index contributed by atoms with van der Waals surface area (Å²) in [5, 5.41) is 5.61. The lowest BCUT2D eigenvalue weighted by Crippen LogP contribution is -2.21. The number of amides is 1. The van der Waals surface area contributed by atoms with Gasteiger partial charge in [0.25, 0.3) is 0 Å². The Kier molecular flexibility index (Phi) is 4.52. The van der Waals surface area contributed by atoms with Gasteiger partial charge < -0.3 is 10.6 Å². The van der Waals surface area contributed by atoms with E-state index in [2.05, 4.69) is 26.6 Å². The van der Waals surface area contributed by atoms with Crippen LogP contribution in [0.4, 0.5) is 15.8 Å². The molecule has 2 rings (SSSR count). The van der Waals surface area contributed by atoms with Gasteiger partial charge in [-0.2, -0.15) is 0 Å². The third-order valence-electron chi connectivity index (χ3n) is 2.43. The van der Waals surface area contributed by atoms with Crippen LogP contribution in [0.15, 0.2) is 53.0 Å². The van der Waals surface area contributed by atoms with Gasteiger partial charge in [-0.25, -0.2) is 4.39 Å². The van der Waals surface area contributed by atoms with Crippen molar-refractivity contribution in [3.63, 3.8) is 0 Å². The van der Waals surface area contributed by atoms with Gasteiger partial charge in [0.1, 0.15) is 5.82 Å². The van der Waals surface area contributed by atoms with Crippen LogP contribution in [0.3, 0.4) is 0 Å². The summed E-state index contributed by atoms with van der Waals surface area (Å²) in [6.07, 6.45) is 0. The van der Waals surface area contributed by atoms with Gasteiger partial charge in [-0.05, 0) is 46.3 Å². The summed E-state index contributed by atoms with van der Waals surface area (Å²) in [4.78, 5) is 11.7. The minimum Gasteiger partial charge on any atom is -0.375 e. The molecule has 0 unspecified atom stereocenters. The first-order valence-corrected chi connectivity index (χ1v) is 6.48. The first kappa shape index (κ1) is 13.5. The zero-order valence-corrected chi connectivity index (χ0v) is 11.6. The molecule has 0 saturated heterocycles. The van der Waals surface area contributed by atoms with E-state index in [1.165, 1.54) is 12.1 Å². The Morgan fingerprint density at radius 1 is 1.16 bits per heavy atom. The third kappa shape index (κ3) is 4.06.